The molecule has 46 valence electrons. The van der Waals surface area contributed by atoms with Crippen LogP contribution < -0.4 is 5.32 Å². The van der Waals surface area contributed by atoms with Crippen LogP contribution in [0.2, 0.25) is 4.78 Å². The molecule has 1 heterocycles. The van der Waals surface area contributed by atoms with Crippen LogP contribution in [0.4, 0.5) is 0 Å². The van der Waals surface area contributed by atoms with Gasteiger partial charge in [0.2, 0.25) is 11.8 Å². The molecule has 0 saturated carbocycles. The number of piperidine rings is 1. The Labute approximate surface area is 61.2 Å². The van der Waals surface area contributed by atoms with Crippen LogP contribution in [0.5, 0.6) is 0 Å². The van der Waals surface area contributed by atoms with Crippen LogP contribution >= 0.6 is 0 Å². The Kier molecular flexibility index (Phi) is 1.89. The third-order valence-corrected chi connectivity index (χ3v) is 1.92. The van der Waals surface area contributed by atoms with Gasteiger partial charge in [-0.05, 0) is 11.2 Å². The third kappa shape index (κ3) is 1.54. The number of carbonyl (C=O) groups excluding carboxylic acids is 2. The Morgan fingerprint density at radius 3 is 2.67 bits per heavy atom. The largest absolute Gasteiger partial charge is 0.297 e. The lowest BCUT2D eigenvalue weighted by Gasteiger charge is -2.16. The number of imide groups is 1. The summed E-state index contributed by atoms with van der Waals surface area (Å²) in [5, 5.41) is 2.23. The third-order valence-electron chi connectivity index (χ3n) is 1.28. The van der Waals surface area contributed by atoms with Gasteiger partial charge in [0.25, 0.3) is 0 Å². The average molecular weight is 139 g/mol. The quantitative estimate of drug-likeness (QED) is 0.359. The highest BCUT2D eigenvalue weighted by molar-refractivity contribution is 6.26. The van der Waals surface area contributed by atoms with Crippen molar-refractivity contribution in [1.29, 1.82) is 0 Å². The molecule has 1 aliphatic heterocycles. The predicted molar refractivity (Wildman–Crippen MR) is 31.9 cm³/mol. The molecule has 4 heteroatoms. The summed E-state index contributed by atoms with van der Waals surface area (Å²) in [6.45, 7) is 0. The lowest BCUT2D eigenvalue weighted by atomic mass is 10.1. The summed E-state index contributed by atoms with van der Waals surface area (Å²) in [5.74, 6) is -0.324. The van der Waals surface area contributed by atoms with E-state index < -0.39 is 0 Å². The van der Waals surface area contributed by atoms with Gasteiger partial charge in [-0.2, -0.15) is 0 Å². The number of hydrogen-bond acceptors (Lipinski definition) is 2. The smallest absolute Gasteiger partial charge is 0.226 e. The van der Waals surface area contributed by atoms with Crippen LogP contribution in [-0.4, -0.2) is 28.1 Å². The van der Waals surface area contributed by atoms with Crippen LogP contribution in [0.25, 0.3) is 0 Å². The van der Waals surface area contributed by atoms with E-state index >= 15 is 0 Å². The normalized spacial score (nSPS) is 27.8. The molecule has 2 radical (unpaired) electrons. The number of amides is 2. The molecular weight excluding hydrogens is 133 g/mol. The van der Waals surface area contributed by atoms with Crippen molar-refractivity contribution in [2.24, 2.45) is 0 Å². The Bertz CT molecular complexity index is 157. The van der Waals surface area contributed by atoms with E-state index in [1.165, 1.54) is 0 Å². The molecule has 1 aliphatic rings. The van der Waals surface area contributed by atoms with Crippen molar-refractivity contribution in [3.63, 3.8) is 0 Å². The molecule has 0 aromatic rings. The summed E-state index contributed by atoms with van der Waals surface area (Å²) in [6.07, 6.45) is 1.13. The van der Waals surface area contributed by atoms with Crippen LogP contribution in [0.1, 0.15) is 12.8 Å². The van der Waals surface area contributed by atoms with Crippen LogP contribution in [0, 0.1) is 0 Å². The van der Waals surface area contributed by atoms with Gasteiger partial charge >= 0.3 is 0 Å². The van der Waals surface area contributed by atoms with E-state index in [1.807, 2.05) is 0 Å². The Hall–Kier alpha value is -0.328. The van der Waals surface area contributed by atoms with E-state index in [9.17, 15) is 9.59 Å². The van der Waals surface area contributed by atoms with Gasteiger partial charge in [-0.15, -0.1) is 0 Å². The zero-order valence-electron chi connectivity index (χ0n) is 4.89. The summed E-state index contributed by atoms with van der Waals surface area (Å²) < 4.78 is -0.0669. The second-order valence-corrected chi connectivity index (χ2v) is 2.86. The maximum Gasteiger partial charge on any atom is 0.226 e. The zero-order valence-corrected chi connectivity index (χ0v) is 6.04. The lowest BCUT2D eigenvalue weighted by Crippen LogP contribution is -2.38. The standard InChI is InChI=1S/C5H6NO2.Al/c7-4-2-1-3-5(8)6-4;/h2H,1,3H2,(H,6,7,8);. The molecule has 2 amide bonds. The van der Waals surface area contributed by atoms with E-state index in [1.54, 1.807) is 0 Å². The van der Waals surface area contributed by atoms with E-state index in [0.717, 1.165) is 0 Å². The summed E-state index contributed by atoms with van der Waals surface area (Å²) in [4.78, 5) is 21.1. The van der Waals surface area contributed by atoms with Crippen molar-refractivity contribution in [1.82, 2.24) is 5.32 Å². The van der Waals surface area contributed by atoms with Gasteiger partial charge in [0, 0.05) is 6.42 Å². The molecule has 1 unspecified atom stereocenters. The van der Waals surface area contributed by atoms with Crippen molar-refractivity contribution in [3.8, 4) is 0 Å². The van der Waals surface area contributed by atoms with Crippen LogP contribution in [0.3, 0.4) is 0 Å². The molecule has 0 bridgehead atoms. The Morgan fingerprint density at radius 1 is 1.56 bits per heavy atom. The molecule has 1 saturated heterocycles. The molecule has 0 spiro atoms. The maximum absolute atomic E-state index is 10.7. The summed E-state index contributed by atoms with van der Waals surface area (Å²) in [6, 6.07) is 0. The molecule has 3 nitrogen and oxygen atoms in total. The highest BCUT2D eigenvalue weighted by Gasteiger charge is 2.20. The summed E-state index contributed by atoms with van der Waals surface area (Å²) in [5.41, 5.74) is 0. The first kappa shape index (κ1) is 6.79. The van der Waals surface area contributed by atoms with E-state index in [2.05, 4.69) is 21.6 Å². The van der Waals surface area contributed by atoms with Gasteiger partial charge in [0.05, 0.1) is 0 Å². The van der Waals surface area contributed by atoms with Gasteiger partial charge in [-0.3, -0.25) is 14.9 Å². The summed E-state index contributed by atoms with van der Waals surface area (Å²) in [7, 11) is 0. The molecule has 1 fully saturated rings. The monoisotopic (exact) mass is 139 g/mol. The van der Waals surface area contributed by atoms with Gasteiger partial charge in [0.1, 0.15) is 16.3 Å². The fraction of sp³-hybridized carbons (Fsp3) is 0.600. The summed E-state index contributed by atoms with van der Waals surface area (Å²) >= 11 is 2.40. The Morgan fingerprint density at radius 2 is 2.22 bits per heavy atom. The van der Waals surface area contributed by atoms with Gasteiger partial charge in [-0.25, -0.2) is 0 Å². The fourth-order valence-corrected chi connectivity index (χ4v) is 0.960. The van der Waals surface area contributed by atoms with E-state index in [0.29, 0.717) is 12.8 Å². The van der Waals surface area contributed by atoms with Gasteiger partial charge in [0.15, 0.2) is 0 Å². The van der Waals surface area contributed by atoms with Crippen molar-refractivity contribution >= 4 is 28.1 Å². The molecule has 0 aliphatic carbocycles. The highest BCUT2D eigenvalue weighted by Crippen LogP contribution is 2.12. The predicted octanol–water partition coefficient (Wildman–Crippen LogP) is -0.620. The molecule has 1 atom stereocenters. The van der Waals surface area contributed by atoms with Crippen molar-refractivity contribution < 1.29 is 9.59 Å². The number of carbonyl (C=O) groups is 2. The van der Waals surface area contributed by atoms with E-state index in [-0.39, 0.29) is 16.6 Å². The minimum atomic E-state index is -0.170. The molecule has 1 rings (SSSR count). The first-order valence-corrected chi connectivity index (χ1v) is 3.46. The van der Waals surface area contributed by atoms with E-state index in [4.69, 9.17) is 0 Å². The highest BCUT2D eigenvalue weighted by atomic mass is 27.0. The van der Waals surface area contributed by atoms with Crippen molar-refractivity contribution in [2.45, 2.75) is 17.6 Å². The second-order valence-electron chi connectivity index (χ2n) is 2.06. The molecule has 1 N–H and O–H groups in total. The number of hydrogen-bond donors (Lipinski definition) is 1. The Balaban J connectivity index is 2.54. The number of nitrogens with one attached hydrogen (secondary N) is 1. The van der Waals surface area contributed by atoms with Gasteiger partial charge < -0.3 is 0 Å². The molecule has 0 aromatic carbocycles. The molecule has 0 aromatic heterocycles. The first-order chi connectivity index (χ1) is 4.20. The second kappa shape index (κ2) is 2.51. The minimum Gasteiger partial charge on any atom is -0.297 e. The zero-order chi connectivity index (χ0) is 6.85. The minimum absolute atomic E-state index is 0.0669. The molecule has 9 heavy (non-hydrogen) atoms. The van der Waals surface area contributed by atoms with Gasteiger partial charge in [-0.1, -0.05) is 0 Å². The van der Waals surface area contributed by atoms with Crippen LogP contribution in [-0.2, 0) is 9.59 Å². The van der Waals surface area contributed by atoms with Crippen molar-refractivity contribution in [3.05, 3.63) is 0 Å². The first-order valence-electron chi connectivity index (χ1n) is 2.79. The average Bonchev–Trinajstić information content (AvgIpc) is 1.80. The maximum atomic E-state index is 10.7. The lowest BCUT2D eigenvalue weighted by molar-refractivity contribution is -0.132. The SMILES string of the molecule is O=C1CC[CH]([Al])C(=O)N1. The fourth-order valence-electron chi connectivity index (χ4n) is 0.710. The van der Waals surface area contributed by atoms with Crippen LogP contribution in [0.15, 0.2) is 0 Å². The topological polar surface area (TPSA) is 46.2 Å². The molecular formula is C5H6AlNO2. The van der Waals surface area contributed by atoms with Crippen molar-refractivity contribution in [2.75, 3.05) is 0 Å². The number of rotatable bonds is 0.